The molecule has 7 nitrogen and oxygen atoms in total. The number of aliphatic carboxylic acids is 1. The number of halogens is 2. The Morgan fingerprint density at radius 3 is 2.94 bits per heavy atom. The monoisotopic (exact) mass is 257 g/mol. The average molecular weight is 257 g/mol. The summed E-state index contributed by atoms with van der Waals surface area (Å²) in [7, 11) is 0. The number of carboxylic acids is 1. The van der Waals surface area contributed by atoms with E-state index in [1.165, 1.54) is 17.1 Å². The fourth-order valence-electron chi connectivity index (χ4n) is 1.44. The van der Waals surface area contributed by atoms with Crippen molar-refractivity contribution in [2.75, 3.05) is 0 Å². The van der Waals surface area contributed by atoms with E-state index >= 15 is 0 Å². The molecule has 0 spiro atoms. The minimum absolute atomic E-state index is 0.00393. The minimum Gasteiger partial charge on any atom is -0.481 e. The van der Waals surface area contributed by atoms with Crippen LogP contribution in [-0.4, -0.2) is 35.6 Å². The highest BCUT2D eigenvalue weighted by Gasteiger charge is 2.13. The van der Waals surface area contributed by atoms with E-state index in [1.54, 1.807) is 0 Å². The molecule has 0 fully saturated rings. The largest absolute Gasteiger partial charge is 0.481 e. The number of alkyl halides is 2. The zero-order valence-corrected chi connectivity index (χ0v) is 9.07. The van der Waals surface area contributed by atoms with Crippen molar-refractivity contribution in [3.8, 4) is 0 Å². The summed E-state index contributed by atoms with van der Waals surface area (Å²) in [6.45, 7) is -2.67. The highest BCUT2D eigenvalue weighted by Crippen LogP contribution is 2.13. The van der Waals surface area contributed by atoms with Gasteiger partial charge in [-0.15, -0.1) is 5.10 Å². The van der Waals surface area contributed by atoms with E-state index in [-0.39, 0.29) is 24.5 Å². The maximum absolute atomic E-state index is 12.5. The van der Waals surface area contributed by atoms with Gasteiger partial charge in [0, 0.05) is 18.6 Å². The molecule has 0 aliphatic rings. The summed E-state index contributed by atoms with van der Waals surface area (Å²) in [5, 5.41) is 15.8. The summed E-state index contributed by atoms with van der Waals surface area (Å²) in [5.41, 5.74) is 0.262. The van der Waals surface area contributed by atoms with Crippen molar-refractivity contribution in [1.29, 1.82) is 0 Å². The summed E-state index contributed by atoms with van der Waals surface area (Å²) in [6.07, 6.45) is 3.55. The Morgan fingerprint density at radius 2 is 2.28 bits per heavy atom. The summed E-state index contributed by atoms with van der Waals surface area (Å²) in [4.78, 5) is 14.2. The van der Waals surface area contributed by atoms with Crippen LogP contribution in [0.5, 0.6) is 0 Å². The highest BCUT2D eigenvalue weighted by molar-refractivity contribution is 5.69. The molecule has 0 bridgehead atoms. The number of hydrogen-bond donors (Lipinski definition) is 1. The molecule has 0 atom stereocenters. The second-order valence-electron chi connectivity index (χ2n) is 3.51. The van der Waals surface area contributed by atoms with Crippen LogP contribution in [0.15, 0.2) is 18.6 Å². The number of rotatable bonds is 5. The number of imidazole rings is 1. The molecule has 0 unspecified atom stereocenters. The zero-order valence-electron chi connectivity index (χ0n) is 9.07. The molecule has 0 amide bonds. The van der Waals surface area contributed by atoms with Crippen molar-refractivity contribution in [3.05, 3.63) is 30.1 Å². The Morgan fingerprint density at radius 1 is 1.50 bits per heavy atom. The fourth-order valence-corrected chi connectivity index (χ4v) is 1.44. The lowest BCUT2D eigenvalue weighted by Gasteiger charge is -2.05. The second kappa shape index (κ2) is 4.90. The first-order valence-corrected chi connectivity index (χ1v) is 4.97. The molecule has 9 heteroatoms. The Hall–Kier alpha value is -2.32. The van der Waals surface area contributed by atoms with E-state index in [0.717, 1.165) is 6.20 Å². The Kier molecular flexibility index (Phi) is 3.31. The molecule has 2 heterocycles. The van der Waals surface area contributed by atoms with E-state index in [1.807, 2.05) is 0 Å². The van der Waals surface area contributed by atoms with Crippen molar-refractivity contribution in [3.63, 3.8) is 0 Å². The van der Waals surface area contributed by atoms with Crippen LogP contribution in [0.3, 0.4) is 0 Å². The molecule has 0 radical (unpaired) electrons. The van der Waals surface area contributed by atoms with Crippen LogP contribution in [0.25, 0.3) is 0 Å². The van der Waals surface area contributed by atoms with Crippen LogP contribution in [0.1, 0.15) is 18.1 Å². The van der Waals surface area contributed by atoms with Gasteiger partial charge in [0.25, 0.3) is 0 Å². The summed E-state index contributed by atoms with van der Waals surface area (Å²) in [5.74, 6) is -0.909. The van der Waals surface area contributed by atoms with Crippen molar-refractivity contribution in [2.24, 2.45) is 0 Å². The van der Waals surface area contributed by atoms with Gasteiger partial charge in [-0.1, -0.05) is 5.21 Å². The van der Waals surface area contributed by atoms with Gasteiger partial charge in [-0.2, -0.15) is 8.78 Å². The maximum atomic E-state index is 12.5. The molecule has 1 N–H and O–H groups in total. The molecule has 0 aromatic carbocycles. The van der Waals surface area contributed by atoms with Crippen molar-refractivity contribution in [2.45, 2.75) is 19.5 Å². The number of hydrogen-bond acceptors (Lipinski definition) is 4. The van der Waals surface area contributed by atoms with Gasteiger partial charge in [-0.3, -0.25) is 9.36 Å². The van der Waals surface area contributed by atoms with E-state index in [9.17, 15) is 13.6 Å². The molecule has 2 aromatic rings. The zero-order chi connectivity index (χ0) is 13.1. The Labute approximate surface area is 99.7 Å². The van der Waals surface area contributed by atoms with Gasteiger partial charge in [-0.25, -0.2) is 9.67 Å². The Balaban J connectivity index is 2.11. The first-order valence-electron chi connectivity index (χ1n) is 4.97. The molecule has 0 aliphatic carbocycles. The number of aromatic nitrogens is 5. The smallest absolute Gasteiger partial charge is 0.319 e. The van der Waals surface area contributed by atoms with E-state index in [2.05, 4.69) is 15.3 Å². The van der Waals surface area contributed by atoms with E-state index in [4.69, 9.17) is 5.11 Å². The highest BCUT2D eigenvalue weighted by atomic mass is 19.3. The van der Waals surface area contributed by atoms with E-state index < -0.39 is 12.5 Å². The van der Waals surface area contributed by atoms with Crippen LogP contribution in [0, 0.1) is 0 Å². The molecule has 0 saturated carbocycles. The van der Waals surface area contributed by atoms with Gasteiger partial charge in [0.2, 0.25) is 0 Å². The predicted molar refractivity (Wildman–Crippen MR) is 53.9 cm³/mol. The molecular formula is C9H9F2N5O2. The average Bonchev–Trinajstić information content (AvgIpc) is 2.87. The van der Waals surface area contributed by atoms with E-state index in [0.29, 0.717) is 4.57 Å². The van der Waals surface area contributed by atoms with Crippen LogP contribution < -0.4 is 0 Å². The van der Waals surface area contributed by atoms with Crippen molar-refractivity contribution in [1.82, 2.24) is 24.5 Å². The van der Waals surface area contributed by atoms with Crippen LogP contribution in [-0.2, 0) is 17.8 Å². The molecule has 96 valence electrons. The summed E-state index contributed by atoms with van der Waals surface area (Å²) < 4.78 is 27.1. The lowest BCUT2D eigenvalue weighted by molar-refractivity contribution is -0.136. The molecule has 0 saturated heterocycles. The first kappa shape index (κ1) is 12.1. The van der Waals surface area contributed by atoms with Gasteiger partial charge < -0.3 is 5.11 Å². The van der Waals surface area contributed by atoms with Gasteiger partial charge in [0.15, 0.2) is 0 Å². The second-order valence-corrected chi connectivity index (χ2v) is 3.51. The number of nitrogens with zero attached hydrogens (tertiary/aromatic N) is 5. The maximum Gasteiger partial charge on any atom is 0.319 e. The molecule has 18 heavy (non-hydrogen) atoms. The molecule has 2 rings (SSSR count). The molecule has 2 aromatic heterocycles. The van der Waals surface area contributed by atoms with Crippen molar-refractivity contribution >= 4 is 5.97 Å². The summed E-state index contributed by atoms with van der Waals surface area (Å²) >= 11 is 0. The number of carboxylic acid groups (broad SMARTS) is 1. The van der Waals surface area contributed by atoms with Crippen LogP contribution in [0.4, 0.5) is 8.78 Å². The lowest BCUT2D eigenvalue weighted by Crippen LogP contribution is -2.09. The van der Waals surface area contributed by atoms with Gasteiger partial charge in [-0.05, 0) is 0 Å². The van der Waals surface area contributed by atoms with Gasteiger partial charge >= 0.3 is 12.5 Å². The van der Waals surface area contributed by atoms with Crippen LogP contribution >= 0.6 is 0 Å². The molecular weight excluding hydrogens is 248 g/mol. The first-order chi connectivity index (χ1) is 8.56. The normalized spacial score (nSPS) is 11.1. The third kappa shape index (κ3) is 2.67. The third-order valence-corrected chi connectivity index (χ3v) is 2.18. The number of carbonyl (C=O) groups is 1. The Bertz CT molecular complexity index is 551. The fraction of sp³-hybridized carbons (Fsp3) is 0.333. The standard InChI is InChI=1S/C9H9F2N5O2/c10-9(11)16-2-1-12-7(16)5-15-4-6(13-14-15)3-8(17)18/h1-2,4,9H,3,5H2,(H,17,18). The topological polar surface area (TPSA) is 85.8 Å². The minimum atomic E-state index is -2.68. The SMILES string of the molecule is O=C(O)Cc1cn(Cc2nccn2C(F)F)nn1. The molecule has 0 aliphatic heterocycles. The third-order valence-electron chi connectivity index (χ3n) is 2.18. The van der Waals surface area contributed by atoms with Gasteiger partial charge in [0.1, 0.15) is 12.4 Å². The predicted octanol–water partition coefficient (Wildman–Crippen LogP) is 0.545. The van der Waals surface area contributed by atoms with Gasteiger partial charge in [0.05, 0.1) is 12.1 Å². The van der Waals surface area contributed by atoms with Crippen LogP contribution in [0.2, 0.25) is 0 Å². The quantitative estimate of drug-likeness (QED) is 0.845. The van der Waals surface area contributed by atoms with Crippen molar-refractivity contribution < 1.29 is 18.7 Å². The summed E-state index contributed by atoms with van der Waals surface area (Å²) in [6, 6.07) is 0. The lowest BCUT2D eigenvalue weighted by atomic mass is 10.3.